The van der Waals surface area contributed by atoms with Crippen molar-refractivity contribution in [3.05, 3.63) is 48.6 Å². The first-order valence-electron chi connectivity index (χ1n) is 10.9. The molecular weight excluding hydrogens is 380 g/mol. The number of hydrogen-bond donors (Lipinski definition) is 0. The summed E-state index contributed by atoms with van der Waals surface area (Å²) in [7, 11) is 0. The van der Waals surface area contributed by atoms with Gasteiger partial charge in [-0.05, 0) is 80.5 Å². The Labute approximate surface area is 175 Å². The maximum atomic E-state index is 13.5. The molecule has 4 saturated carbocycles. The van der Waals surface area contributed by atoms with E-state index in [1.165, 1.54) is 19.3 Å². The topological polar surface area (TPSA) is 72.9 Å². The SMILES string of the molecule is O=C(COc1nnc2ccccn12)N(Cc1ccco1)C12CC3CC(CC(C3)C1)C2. The molecule has 3 heterocycles. The quantitative estimate of drug-likeness (QED) is 0.624. The molecule has 7 heteroatoms. The number of nitrogens with zero attached hydrogens (tertiary/aromatic N) is 4. The summed E-state index contributed by atoms with van der Waals surface area (Å²) in [5, 5.41) is 8.20. The lowest BCUT2D eigenvalue weighted by Gasteiger charge is -2.60. The fraction of sp³-hybridized carbons (Fsp3) is 0.522. The molecule has 0 N–H and O–H groups in total. The van der Waals surface area contributed by atoms with Crippen molar-refractivity contribution in [1.29, 1.82) is 0 Å². The monoisotopic (exact) mass is 406 g/mol. The first-order chi connectivity index (χ1) is 14.7. The van der Waals surface area contributed by atoms with Gasteiger partial charge in [-0.3, -0.25) is 9.20 Å². The van der Waals surface area contributed by atoms with Crippen LogP contribution in [0.3, 0.4) is 0 Å². The van der Waals surface area contributed by atoms with Gasteiger partial charge in [-0.15, -0.1) is 5.10 Å². The minimum absolute atomic E-state index is 0.000955. The van der Waals surface area contributed by atoms with Gasteiger partial charge in [0.15, 0.2) is 12.3 Å². The molecule has 3 aromatic heterocycles. The first-order valence-corrected chi connectivity index (χ1v) is 10.9. The van der Waals surface area contributed by atoms with Gasteiger partial charge < -0.3 is 14.1 Å². The van der Waals surface area contributed by atoms with E-state index in [1.807, 2.05) is 36.5 Å². The average Bonchev–Trinajstić information content (AvgIpc) is 3.39. The number of hydrogen-bond acceptors (Lipinski definition) is 5. The summed E-state index contributed by atoms with van der Waals surface area (Å²) >= 11 is 0. The molecule has 0 aliphatic heterocycles. The number of fused-ring (bicyclic) bond motifs is 1. The number of furan rings is 1. The van der Waals surface area contributed by atoms with Crippen LogP contribution in [0, 0.1) is 17.8 Å². The second kappa shape index (κ2) is 6.86. The number of rotatable bonds is 6. The molecule has 0 saturated heterocycles. The molecule has 0 aromatic carbocycles. The Balaban J connectivity index is 1.26. The van der Waals surface area contributed by atoms with Crippen molar-refractivity contribution >= 4 is 11.6 Å². The van der Waals surface area contributed by atoms with Crippen LogP contribution in [0.1, 0.15) is 44.3 Å². The minimum atomic E-state index is -0.0606. The highest BCUT2D eigenvalue weighted by Gasteiger charge is 2.54. The maximum absolute atomic E-state index is 13.5. The van der Waals surface area contributed by atoms with Crippen molar-refractivity contribution in [3.63, 3.8) is 0 Å². The average molecular weight is 406 g/mol. The van der Waals surface area contributed by atoms with Crippen molar-refractivity contribution < 1.29 is 13.9 Å². The van der Waals surface area contributed by atoms with E-state index in [2.05, 4.69) is 15.1 Å². The molecule has 0 unspecified atom stereocenters. The van der Waals surface area contributed by atoms with Gasteiger partial charge in [0.25, 0.3) is 5.91 Å². The summed E-state index contributed by atoms with van der Waals surface area (Å²) in [5.74, 6) is 3.09. The van der Waals surface area contributed by atoms with Crippen LogP contribution in [0.4, 0.5) is 0 Å². The van der Waals surface area contributed by atoms with Crippen LogP contribution >= 0.6 is 0 Å². The molecule has 30 heavy (non-hydrogen) atoms. The summed E-state index contributed by atoms with van der Waals surface area (Å²) in [6.45, 7) is 0.458. The number of carbonyl (C=O) groups is 1. The van der Waals surface area contributed by atoms with Crippen molar-refractivity contribution in [2.45, 2.75) is 50.6 Å². The number of carbonyl (C=O) groups excluding carboxylic acids is 1. The third kappa shape index (κ3) is 2.99. The maximum Gasteiger partial charge on any atom is 0.322 e. The first kappa shape index (κ1) is 18.0. The Morgan fingerprint density at radius 1 is 1.10 bits per heavy atom. The smallest absolute Gasteiger partial charge is 0.322 e. The lowest BCUT2D eigenvalue weighted by molar-refractivity contribution is -0.155. The largest absolute Gasteiger partial charge is 0.467 e. The second-order valence-corrected chi connectivity index (χ2v) is 9.40. The van der Waals surface area contributed by atoms with Gasteiger partial charge in [0.05, 0.1) is 12.8 Å². The molecule has 156 valence electrons. The van der Waals surface area contributed by atoms with Crippen molar-refractivity contribution in [1.82, 2.24) is 19.5 Å². The normalized spacial score (nSPS) is 29.4. The molecule has 4 bridgehead atoms. The van der Waals surface area contributed by atoms with E-state index >= 15 is 0 Å². The van der Waals surface area contributed by atoms with Gasteiger partial charge in [-0.1, -0.05) is 11.2 Å². The summed E-state index contributed by atoms with van der Waals surface area (Å²) in [5.41, 5.74) is 0.642. The van der Waals surface area contributed by atoms with Crippen LogP contribution in [-0.4, -0.2) is 37.6 Å². The summed E-state index contributed by atoms with van der Waals surface area (Å²) in [6, 6.07) is 9.84. The van der Waals surface area contributed by atoms with Gasteiger partial charge in [-0.25, -0.2) is 0 Å². The molecule has 4 aliphatic rings. The summed E-state index contributed by atoms with van der Waals surface area (Å²) in [6.07, 6.45) is 10.9. The number of aromatic nitrogens is 3. The molecule has 7 rings (SSSR count). The molecule has 1 amide bonds. The fourth-order valence-corrected chi connectivity index (χ4v) is 6.60. The lowest BCUT2D eigenvalue weighted by atomic mass is 9.52. The summed E-state index contributed by atoms with van der Waals surface area (Å²) < 4.78 is 13.2. The van der Waals surface area contributed by atoms with Gasteiger partial charge in [0.1, 0.15) is 5.76 Å². The lowest BCUT2D eigenvalue weighted by Crippen LogP contribution is -2.61. The molecule has 0 atom stereocenters. The number of pyridine rings is 1. The highest BCUT2D eigenvalue weighted by Crippen LogP contribution is 2.58. The number of amides is 1. The molecule has 4 aliphatic carbocycles. The van der Waals surface area contributed by atoms with Crippen molar-refractivity contribution in [2.75, 3.05) is 6.61 Å². The fourth-order valence-electron chi connectivity index (χ4n) is 6.60. The van der Waals surface area contributed by atoms with E-state index in [1.54, 1.807) is 10.7 Å². The van der Waals surface area contributed by atoms with Gasteiger partial charge in [0.2, 0.25) is 0 Å². The number of ether oxygens (including phenoxy) is 1. The molecular formula is C23H26N4O3. The van der Waals surface area contributed by atoms with E-state index in [0.29, 0.717) is 18.2 Å². The van der Waals surface area contributed by atoms with Crippen LogP contribution in [0.5, 0.6) is 6.01 Å². The van der Waals surface area contributed by atoms with Gasteiger partial charge in [-0.2, -0.15) is 0 Å². The van der Waals surface area contributed by atoms with Crippen LogP contribution in [0.25, 0.3) is 5.65 Å². The van der Waals surface area contributed by atoms with Gasteiger partial charge in [0, 0.05) is 11.7 Å². The van der Waals surface area contributed by atoms with Crippen LogP contribution < -0.4 is 4.74 Å². The predicted molar refractivity (Wildman–Crippen MR) is 109 cm³/mol. The van der Waals surface area contributed by atoms with E-state index in [9.17, 15) is 4.79 Å². The van der Waals surface area contributed by atoms with E-state index in [0.717, 1.165) is 42.8 Å². The molecule has 7 nitrogen and oxygen atoms in total. The summed E-state index contributed by atoms with van der Waals surface area (Å²) in [4.78, 5) is 15.6. The van der Waals surface area contributed by atoms with Crippen LogP contribution in [0.15, 0.2) is 47.2 Å². The minimum Gasteiger partial charge on any atom is -0.467 e. The van der Waals surface area contributed by atoms with Crippen LogP contribution in [-0.2, 0) is 11.3 Å². The molecule has 0 spiro atoms. The Kier molecular flexibility index (Phi) is 4.11. The predicted octanol–water partition coefficient (Wildman–Crippen LogP) is 3.70. The van der Waals surface area contributed by atoms with E-state index in [4.69, 9.17) is 9.15 Å². The Morgan fingerprint density at radius 2 is 1.87 bits per heavy atom. The van der Waals surface area contributed by atoms with E-state index in [-0.39, 0.29) is 18.1 Å². The highest BCUT2D eigenvalue weighted by atomic mass is 16.5. The third-order valence-corrected chi connectivity index (χ3v) is 7.38. The van der Waals surface area contributed by atoms with Crippen LogP contribution in [0.2, 0.25) is 0 Å². The molecule has 4 fully saturated rings. The Hall–Kier alpha value is -2.83. The zero-order valence-corrected chi connectivity index (χ0v) is 16.9. The zero-order chi connectivity index (χ0) is 20.1. The Morgan fingerprint density at radius 3 is 2.57 bits per heavy atom. The second-order valence-electron chi connectivity index (χ2n) is 9.40. The third-order valence-electron chi connectivity index (χ3n) is 7.38. The zero-order valence-electron chi connectivity index (χ0n) is 16.9. The van der Waals surface area contributed by atoms with E-state index < -0.39 is 0 Å². The Bertz CT molecular complexity index is 1020. The van der Waals surface area contributed by atoms with Crippen molar-refractivity contribution in [3.8, 4) is 6.01 Å². The highest BCUT2D eigenvalue weighted by molar-refractivity contribution is 5.78. The van der Waals surface area contributed by atoms with Gasteiger partial charge >= 0.3 is 6.01 Å². The molecule has 0 radical (unpaired) electrons. The molecule has 3 aromatic rings. The standard InChI is InChI=1S/C23H26N4O3/c28-21(15-30-22-25-24-20-5-1-2-6-26(20)22)27(14-19-4-3-7-29-19)23-11-16-8-17(12-23)10-18(9-16)13-23/h1-7,16-18H,8-15H2. The van der Waals surface area contributed by atoms with Crippen molar-refractivity contribution in [2.24, 2.45) is 17.8 Å².